The van der Waals surface area contributed by atoms with E-state index in [1.807, 2.05) is 24.8 Å². The van der Waals surface area contributed by atoms with Gasteiger partial charge in [-0.15, -0.1) is 0 Å². The zero-order chi connectivity index (χ0) is 18.9. The molecule has 1 aromatic rings. The second-order valence-electron chi connectivity index (χ2n) is 7.32. The minimum absolute atomic E-state index is 0.0294. The van der Waals surface area contributed by atoms with E-state index in [0.29, 0.717) is 13.0 Å². The fourth-order valence-electron chi connectivity index (χ4n) is 3.31. The molecule has 0 spiro atoms. The van der Waals surface area contributed by atoms with E-state index >= 15 is 0 Å². The summed E-state index contributed by atoms with van der Waals surface area (Å²) in [6.07, 6.45) is 1.27. The summed E-state index contributed by atoms with van der Waals surface area (Å²) in [6.45, 7) is 9.82. The first-order chi connectivity index (χ1) is 12.5. The molecule has 6 nitrogen and oxygen atoms in total. The van der Waals surface area contributed by atoms with Crippen molar-refractivity contribution in [2.75, 3.05) is 26.2 Å². The third kappa shape index (κ3) is 6.67. The minimum Gasteiger partial charge on any atom is -0.354 e. The van der Waals surface area contributed by atoms with Crippen molar-refractivity contribution in [3.8, 4) is 0 Å². The maximum Gasteiger partial charge on any atom is 0.317 e. The predicted octanol–water partition coefficient (Wildman–Crippen LogP) is 2.21. The molecule has 0 saturated carbocycles. The van der Waals surface area contributed by atoms with Gasteiger partial charge in [-0.25, -0.2) is 4.79 Å². The Balaban J connectivity index is 1.79. The van der Waals surface area contributed by atoms with Crippen LogP contribution in [0, 0.1) is 0 Å². The van der Waals surface area contributed by atoms with E-state index in [4.69, 9.17) is 0 Å². The first-order valence-electron chi connectivity index (χ1n) is 9.56. The van der Waals surface area contributed by atoms with Crippen molar-refractivity contribution in [2.45, 2.75) is 52.2 Å². The van der Waals surface area contributed by atoms with E-state index in [2.05, 4.69) is 46.7 Å². The van der Waals surface area contributed by atoms with Crippen LogP contribution in [-0.4, -0.2) is 60.0 Å². The molecule has 0 aliphatic carbocycles. The van der Waals surface area contributed by atoms with Gasteiger partial charge in [0.15, 0.2) is 0 Å². The van der Waals surface area contributed by atoms with Crippen LogP contribution in [0.1, 0.15) is 39.2 Å². The molecule has 1 unspecified atom stereocenters. The zero-order valence-electron chi connectivity index (χ0n) is 16.2. The second kappa shape index (κ2) is 10.2. The molecule has 3 amide bonds. The Bertz CT molecular complexity index is 576. The molecule has 6 heteroatoms. The summed E-state index contributed by atoms with van der Waals surface area (Å²) >= 11 is 0. The van der Waals surface area contributed by atoms with Gasteiger partial charge in [-0.1, -0.05) is 30.3 Å². The topological polar surface area (TPSA) is 64.7 Å². The fraction of sp³-hybridized carbons (Fsp3) is 0.600. The monoisotopic (exact) mass is 360 g/mol. The number of hydrogen-bond acceptors (Lipinski definition) is 3. The van der Waals surface area contributed by atoms with Gasteiger partial charge in [-0.2, -0.15) is 0 Å². The van der Waals surface area contributed by atoms with Crippen molar-refractivity contribution in [1.82, 2.24) is 20.4 Å². The molecule has 26 heavy (non-hydrogen) atoms. The maximum absolute atomic E-state index is 12.5. The Labute approximate surface area is 156 Å². The summed E-state index contributed by atoms with van der Waals surface area (Å²) in [7, 11) is 0. The van der Waals surface area contributed by atoms with Crippen LogP contribution in [0.5, 0.6) is 0 Å². The smallest absolute Gasteiger partial charge is 0.317 e. The van der Waals surface area contributed by atoms with Gasteiger partial charge < -0.3 is 15.5 Å². The standard InChI is InChI=1S/C20H32N4O2/c1-16(2)22-19(25)10-11-21-20(26)24-13-7-12-23(14-17(24)3)15-18-8-5-4-6-9-18/h4-6,8-9,16-17H,7,10-15H2,1-3H3,(H,21,26)(H,22,25). The van der Waals surface area contributed by atoms with Crippen molar-refractivity contribution in [3.05, 3.63) is 35.9 Å². The molecule has 1 saturated heterocycles. The van der Waals surface area contributed by atoms with Gasteiger partial charge in [-0.3, -0.25) is 9.69 Å². The molecule has 1 atom stereocenters. The summed E-state index contributed by atoms with van der Waals surface area (Å²) in [5, 5.41) is 5.72. The van der Waals surface area contributed by atoms with E-state index in [1.165, 1.54) is 5.56 Å². The van der Waals surface area contributed by atoms with E-state index in [1.54, 1.807) is 0 Å². The highest BCUT2D eigenvalue weighted by Crippen LogP contribution is 2.13. The summed E-state index contributed by atoms with van der Waals surface area (Å²) in [5.74, 6) is -0.0294. The van der Waals surface area contributed by atoms with Crippen molar-refractivity contribution >= 4 is 11.9 Å². The number of nitrogens with one attached hydrogen (secondary N) is 2. The molecule has 1 heterocycles. The van der Waals surface area contributed by atoms with Crippen LogP contribution in [0.25, 0.3) is 0 Å². The Morgan fingerprint density at radius 1 is 1.19 bits per heavy atom. The Kier molecular flexibility index (Phi) is 7.91. The van der Waals surface area contributed by atoms with E-state index in [0.717, 1.165) is 32.6 Å². The molecule has 2 rings (SSSR count). The SMILES string of the molecule is CC(C)NC(=O)CCNC(=O)N1CCCN(Cc2ccccc2)CC1C. The number of amides is 3. The number of benzene rings is 1. The number of nitrogens with zero attached hydrogens (tertiary/aromatic N) is 2. The van der Waals surface area contributed by atoms with Gasteiger partial charge in [-0.05, 0) is 32.8 Å². The number of carbonyl (C=O) groups excluding carboxylic acids is 2. The van der Waals surface area contributed by atoms with E-state index in [9.17, 15) is 9.59 Å². The van der Waals surface area contributed by atoms with Gasteiger partial charge in [0.1, 0.15) is 0 Å². The average Bonchev–Trinajstić information content (AvgIpc) is 2.76. The van der Waals surface area contributed by atoms with Gasteiger partial charge in [0.25, 0.3) is 0 Å². The molecular weight excluding hydrogens is 328 g/mol. The molecule has 1 fully saturated rings. The molecular formula is C20H32N4O2. The highest BCUT2D eigenvalue weighted by molar-refractivity contribution is 5.78. The highest BCUT2D eigenvalue weighted by Gasteiger charge is 2.25. The molecule has 1 aromatic carbocycles. The van der Waals surface area contributed by atoms with Crippen molar-refractivity contribution in [3.63, 3.8) is 0 Å². The maximum atomic E-state index is 12.5. The Morgan fingerprint density at radius 3 is 2.62 bits per heavy atom. The van der Waals surface area contributed by atoms with E-state index in [-0.39, 0.29) is 24.0 Å². The fourth-order valence-corrected chi connectivity index (χ4v) is 3.31. The normalized spacial score (nSPS) is 18.5. The van der Waals surface area contributed by atoms with Crippen LogP contribution in [-0.2, 0) is 11.3 Å². The number of carbonyl (C=O) groups is 2. The molecule has 0 aromatic heterocycles. The largest absolute Gasteiger partial charge is 0.354 e. The van der Waals surface area contributed by atoms with Crippen LogP contribution in [0.4, 0.5) is 4.79 Å². The summed E-state index contributed by atoms with van der Waals surface area (Å²) in [4.78, 5) is 28.5. The van der Waals surface area contributed by atoms with Gasteiger partial charge in [0.05, 0.1) is 0 Å². The Morgan fingerprint density at radius 2 is 1.92 bits per heavy atom. The summed E-state index contributed by atoms with van der Waals surface area (Å²) < 4.78 is 0. The Hall–Kier alpha value is -2.08. The molecule has 2 N–H and O–H groups in total. The lowest BCUT2D eigenvalue weighted by molar-refractivity contribution is -0.121. The quantitative estimate of drug-likeness (QED) is 0.817. The van der Waals surface area contributed by atoms with Crippen LogP contribution in [0.2, 0.25) is 0 Å². The average molecular weight is 361 g/mol. The van der Waals surface area contributed by atoms with Crippen LogP contribution >= 0.6 is 0 Å². The second-order valence-corrected chi connectivity index (χ2v) is 7.32. The van der Waals surface area contributed by atoms with Gasteiger partial charge >= 0.3 is 6.03 Å². The molecule has 0 bridgehead atoms. The third-order valence-corrected chi connectivity index (χ3v) is 4.52. The van der Waals surface area contributed by atoms with Crippen LogP contribution in [0.15, 0.2) is 30.3 Å². The first kappa shape index (κ1) is 20.2. The minimum atomic E-state index is -0.0728. The van der Waals surface area contributed by atoms with Gasteiger partial charge in [0.2, 0.25) is 5.91 Å². The highest BCUT2D eigenvalue weighted by atomic mass is 16.2. The van der Waals surface area contributed by atoms with E-state index < -0.39 is 0 Å². The molecule has 1 aliphatic heterocycles. The summed E-state index contributed by atoms with van der Waals surface area (Å²) in [5.41, 5.74) is 1.30. The van der Waals surface area contributed by atoms with Crippen molar-refractivity contribution in [1.29, 1.82) is 0 Å². The lowest BCUT2D eigenvalue weighted by atomic mass is 10.2. The number of urea groups is 1. The van der Waals surface area contributed by atoms with Gasteiger partial charge in [0, 0.05) is 51.2 Å². The lowest BCUT2D eigenvalue weighted by Gasteiger charge is -2.29. The zero-order valence-corrected chi connectivity index (χ0v) is 16.2. The molecule has 144 valence electrons. The number of rotatable bonds is 6. The predicted molar refractivity (Wildman–Crippen MR) is 104 cm³/mol. The van der Waals surface area contributed by atoms with Crippen LogP contribution < -0.4 is 10.6 Å². The third-order valence-electron chi connectivity index (χ3n) is 4.52. The molecule has 0 radical (unpaired) electrons. The number of hydrogen-bond donors (Lipinski definition) is 2. The molecule has 1 aliphatic rings. The van der Waals surface area contributed by atoms with Crippen molar-refractivity contribution in [2.24, 2.45) is 0 Å². The lowest BCUT2D eigenvalue weighted by Crippen LogP contribution is -2.48. The van der Waals surface area contributed by atoms with Crippen molar-refractivity contribution < 1.29 is 9.59 Å². The first-order valence-corrected chi connectivity index (χ1v) is 9.56. The van der Waals surface area contributed by atoms with Crippen LogP contribution in [0.3, 0.4) is 0 Å². The summed E-state index contributed by atoms with van der Waals surface area (Å²) in [6, 6.07) is 10.6.